The van der Waals surface area contributed by atoms with Crippen molar-refractivity contribution in [3.8, 4) is 0 Å². The lowest BCUT2D eigenvalue weighted by molar-refractivity contribution is -0.130. The second-order valence-corrected chi connectivity index (χ2v) is 12.4. The number of nitrogens with zero attached hydrogens (tertiary/aromatic N) is 5. The van der Waals surface area contributed by atoms with Crippen LogP contribution in [0.4, 0.5) is 13.2 Å². The maximum absolute atomic E-state index is 12.8. The zero-order valence-electron chi connectivity index (χ0n) is 24.2. The van der Waals surface area contributed by atoms with Crippen molar-refractivity contribution in [1.29, 1.82) is 0 Å². The molecule has 0 saturated carbocycles. The summed E-state index contributed by atoms with van der Waals surface area (Å²) in [5.41, 5.74) is 6.60. The molecule has 2 aromatic heterocycles. The number of halogens is 3. The largest absolute Gasteiger partial charge is 0.440 e. The fourth-order valence-corrected chi connectivity index (χ4v) is 7.24. The number of benzene rings is 2. The fourth-order valence-electron chi connectivity index (χ4n) is 6.25. The third-order valence-corrected chi connectivity index (χ3v) is 9.50. The average molecular weight is 596 g/mol. The van der Waals surface area contributed by atoms with E-state index < -0.39 is 12.6 Å². The van der Waals surface area contributed by atoms with Crippen molar-refractivity contribution >= 4 is 38.9 Å². The van der Waals surface area contributed by atoms with Crippen LogP contribution >= 0.6 is 11.8 Å². The van der Waals surface area contributed by atoms with Crippen LogP contribution in [-0.2, 0) is 19.3 Å². The Bertz CT molecular complexity index is 1570. The van der Waals surface area contributed by atoms with Gasteiger partial charge in [-0.15, -0.1) is 0 Å². The molecule has 2 aliphatic rings. The summed E-state index contributed by atoms with van der Waals surface area (Å²) in [7, 11) is 2.16. The lowest BCUT2D eigenvalue weighted by atomic mass is 9.94. The van der Waals surface area contributed by atoms with E-state index in [1.165, 1.54) is 10.9 Å². The van der Waals surface area contributed by atoms with Crippen molar-refractivity contribution in [2.45, 2.75) is 64.2 Å². The van der Waals surface area contributed by atoms with Gasteiger partial charge in [-0.25, -0.2) is 4.98 Å². The van der Waals surface area contributed by atoms with E-state index in [0.29, 0.717) is 11.1 Å². The standard InChI is InChI=1S/C32H36F3N5OS/c1-4-25-30(24-7-5-8-26-23(24)10-9-20(2)36-26)39(3)31(38-25)42-16-6-13-40-14-11-21-17-27-28(18-22(21)12-15-40)41-29(37-27)19-32(33,34)35/h5,7-10,17-18,25,30H,4,6,11-16,19H2,1-3H3. The van der Waals surface area contributed by atoms with E-state index in [0.717, 1.165) is 78.6 Å². The molecule has 0 fully saturated rings. The Hall–Kier alpha value is -3.11. The number of aliphatic imine (C=N–C) groups is 1. The minimum absolute atomic E-state index is 0.203. The number of hydrogen-bond donors (Lipinski definition) is 0. The van der Waals surface area contributed by atoms with Gasteiger partial charge < -0.3 is 14.2 Å². The highest BCUT2D eigenvalue weighted by Crippen LogP contribution is 2.38. The normalized spacial score (nSPS) is 19.9. The van der Waals surface area contributed by atoms with E-state index in [1.54, 1.807) is 0 Å². The Morgan fingerprint density at radius 2 is 1.81 bits per heavy atom. The molecule has 0 amide bonds. The van der Waals surface area contributed by atoms with Crippen molar-refractivity contribution in [3.63, 3.8) is 0 Å². The molecule has 0 spiro atoms. The molecule has 2 aliphatic heterocycles. The molecule has 0 aliphatic carbocycles. The molecule has 2 aromatic carbocycles. The van der Waals surface area contributed by atoms with E-state index in [4.69, 9.17) is 14.4 Å². The summed E-state index contributed by atoms with van der Waals surface area (Å²) in [5, 5.41) is 2.31. The number of oxazole rings is 1. The summed E-state index contributed by atoms with van der Waals surface area (Å²) in [5.74, 6) is 0.723. The fraction of sp³-hybridized carbons (Fsp3) is 0.469. The summed E-state index contributed by atoms with van der Waals surface area (Å²) >= 11 is 1.84. The minimum atomic E-state index is -4.33. The average Bonchev–Trinajstić information content (AvgIpc) is 3.40. The summed E-state index contributed by atoms with van der Waals surface area (Å²) in [6, 6.07) is 14.9. The van der Waals surface area contributed by atoms with Gasteiger partial charge in [-0.2, -0.15) is 13.2 Å². The quantitative estimate of drug-likeness (QED) is 0.212. The number of fused-ring (bicyclic) bond motifs is 3. The van der Waals surface area contributed by atoms with E-state index in [1.807, 2.05) is 30.8 Å². The molecule has 6 rings (SSSR count). The molecule has 0 saturated heterocycles. The minimum Gasteiger partial charge on any atom is -0.440 e. The lowest BCUT2D eigenvalue weighted by Crippen LogP contribution is -2.29. The third-order valence-electron chi connectivity index (χ3n) is 8.35. The van der Waals surface area contributed by atoms with Crippen LogP contribution in [0.5, 0.6) is 0 Å². The van der Waals surface area contributed by atoms with Gasteiger partial charge in [-0.1, -0.05) is 36.9 Å². The van der Waals surface area contributed by atoms with Crippen LogP contribution < -0.4 is 0 Å². The Morgan fingerprint density at radius 1 is 1.02 bits per heavy atom. The first-order valence-corrected chi connectivity index (χ1v) is 15.7. The van der Waals surface area contributed by atoms with Crippen molar-refractivity contribution in [1.82, 2.24) is 19.8 Å². The number of alkyl halides is 3. The number of likely N-dealkylation sites (N-methyl/N-ethyl adjacent to an activating group) is 1. The van der Waals surface area contributed by atoms with Crippen LogP contribution in [0, 0.1) is 6.92 Å². The van der Waals surface area contributed by atoms with Gasteiger partial charge in [-0.05, 0) is 80.1 Å². The van der Waals surface area contributed by atoms with E-state index >= 15 is 0 Å². The molecular weight excluding hydrogens is 559 g/mol. The molecule has 2 unspecified atom stereocenters. The lowest BCUT2D eigenvalue weighted by Gasteiger charge is -2.27. The van der Waals surface area contributed by atoms with Crippen molar-refractivity contribution < 1.29 is 17.6 Å². The highest BCUT2D eigenvalue weighted by molar-refractivity contribution is 8.13. The Labute approximate surface area is 248 Å². The SMILES string of the molecule is CCC1N=C(SCCCN2CCc3cc4nc(CC(F)(F)F)oc4cc3CC2)N(C)C1c1cccc2nc(C)ccc12. The first-order chi connectivity index (χ1) is 20.2. The number of thioether (sulfide) groups is 1. The number of pyridine rings is 1. The number of aryl methyl sites for hydroxylation is 1. The molecule has 222 valence electrons. The predicted molar refractivity (Wildman–Crippen MR) is 163 cm³/mol. The predicted octanol–water partition coefficient (Wildman–Crippen LogP) is 7.13. The first kappa shape index (κ1) is 29.0. The van der Waals surface area contributed by atoms with E-state index in [9.17, 15) is 13.2 Å². The maximum Gasteiger partial charge on any atom is 0.397 e. The monoisotopic (exact) mass is 595 g/mol. The number of hydrogen-bond acceptors (Lipinski definition) is 7. The highest BCUT2D eigenvalue weighted by atomic mass is 32.2. The number of rotatable bonds is 7. The number of aromatic nitrogens is 2. The van der Waals surface area contributed by atoms with Gasteiger partial charge in [0.2, 0.25) is 5.89 Å². The Morgan fingerprint density at radius 3 is 2.57 bits per heavy atom. The van der Waals surface area contributed by atoms with E-state index in [-0.39, 0.29) is 18.0 Å². The summed E-state index contributed by atoms with van der Waals surface area (Å²) in [4.78, 5) is 18.8. The van der Waals surface area contributed by atoms with Gasteiger partial charge in [0.25, 0.3) is 0 Å². The summed E-state index contributed by atoms with van der Waals surface area (Å²) < 4.78 is 43.7. The second-order valence-electron chi connectivity index (χ2n) is 11.3. The number of amidine groups is 1. The van der Waals surface area contributed by atoms with Crippen molar-refractivity contribution in [3.05, 3.63) is 70.7 Å². The zero-order valence-corrected chi connectivity index (χ0v) is 25.1. The maximum atomic E-state index is 12.8. The van der Waals surface area contributed by atoms with Gasteiger partial charge in [0, 0.05) is 37.0 Å². The summed E-state index contributed by atoms with van der Waals surface area (Å²) in [6.45, 7) is 7.08. The first-order valence-electron chi connectivity index (χ1n) is 14.7. The third kappa shape index (κ3) is 6.15. The topological polar surface area (TPSA) is 57.8 Å². The molecule has 0 bridgehead atoms. The van der Waals surface area contributed by atoms with Crippen molar-refractivity contribution in [2.24, 2.45) is 4.99 Å². The van der Waals surface area contributed by atoms with E-state index in [2.05, 4.69) is 59.1 Å². The van der Waals surface area contributed by atoms with Gasteiger partial charge in [0.1, 0.15) is 11.9 Å². The van der Waals surface area contributed by atoms with Crippen LogP contribution in [0.1, 0.15) is 54.1 Å². The second kappa shape index (κ2) is 11.9. The Balaban J connectivity index is 1.03. The van der Waals surface area contributed by atoms with Crippen LogP contribution in [-0.4, -0.2) is 69.6 Å². The molecule has 0 N–H and O–H groups in total. The molecule has 2 atom stereocenters. The molecule has 0 radical (unpaired) electrons. The highest BCUT2D eigenvalue weighted by Gasteiger charge is 2.35. The van der Waals surface area contributed by atoms with Crippen LogP contribution in [0.25, 0.3) is 22.0 Å². The molecule has 4 aromatic rings. The van der Waals surface area contributed by atoms with Gasteiger partial charge in [0.15, 0.2) is 10.8 Å². The smallest absolute Gasteiger partial charge is 0.397 e. The molecular formula is C32H36F3N5OS. The summed E-state index contributed by atoms with van der Waals surface area (Å²) in [6.07, 6.45) is -1.73. The van der Waals surface area contributed by atoms with Gasteiger partial charge in [-0.3, -0.25) is 9.98 Å². The van der Waals surface area contributed by atoms with Gasteiger partial charge in [0.05, 0.1) is 17.6 Å². The Kier molecular flexibility index (Phi) is 8.20. The zero-order chi connectivity index (χ0) is 29.4. The van der Waals surface area contributed by atoms with Crippen LogP contribution in [0.3, 0.4) is 0 Å². The van der Waals surface area contributed by atoms with Crippen molar-refractivity contribution in [2.75, 3.05) is 32.4 Å². The molecule has 4 heterocycles. The van der Waals surface area contributed by atoms with Crippen LogP contribution in [0.15, 0.2) is 51.9 Å². The molecule has 42 heavy (non-hydrogen) atoms. The molecule has 6 nitrogen and oxygen atoms in total. The molecule has 10 heteroatoms. The van der Waals surface area contributed by atoms with Crippen LogP contribution in [0.2, 0.25) is 0 Å². The van der Waals surface area contributed by atoms with Gasteiger partial charge >= 0.3 is 6.18 Å².